The lowest BCUT2D eigenvalue weighted by atomic mass is 10.0. The van der Waals surface area contributed by atoms with Crippen LogP contribution in [0.1, 0.15) is 19.5 Å². The van der Waals surface area contributed by atoms with Gasteiger partial charge in [0.1, 0.15) is 5.69 Å². The molecule has 0 bridgehead atoms. The molecule has 74 valence electrons. The first-order valence-electron chi connectivity index (χ1n) is 4.22. The minimum absolute atomic E-state index is 0.391. The van der Waals surface area contributed by atoms with Crippen molar-refractivity contribution >= 4 is 11.8 Å². The zero-order valence-corrected chi connectivity index (χ0v) is 9.14. The monoisotopic (exact) mass is 200 g/mol. The minimum Gasteiger partial charge on any atom is -0.320 e. The molecule has 0 aliphatic carbocycles. The van der Waals surface area contributed by atoms with Crippen LogP contribution in [0, 0.1) is 0 Å². The van der Waals surface area contributed by atoms with Gasteiger partial charge in [-0.05, 0) is 20.1 Å². The topological polar surface area (TPSA) is 56.7 Å². The van der Waals surface area contributed by atoms with Crippen molar-refractivity contribution in [1.82, 2.24) is 15.0 Å². The van der Waals surface area contributed by atoms with Crippen LogP contribution < -0.4 is 5.73 Å². The molecule has 2 N–H and O–H groups in total. The first-order chi connectivity index (χ1) is 6.04. The molecule has 4 nitrogen and oxygen atoms in total. The summed E-state index contributed by atoms with van der Waals surface area (Å²) in [5, 5.41) is 8.01. The third-order valence-corrected chi connectivity index (χ3v) is 2.31. The normalized spacial score (nSPS) is 12.0. The van der Waals surface area contributed by atoms with E-state index in [1.54, 1.807) is 11.8 Å². The van der Waals surface area contributed by atoms with E-state index < -0.39 is 5.54 Å². The fourth-order valence-corrected chi connectivity index (χ4v) is 1.26. The zero-order valence-electron chi connectivity index (χ0n) is 8.32. The summed E-state index contributed by atoms with van der Waals surface area (Å²) >= 11 is 1.79. The highest BCUT2D eigenvalue weighted by atomic mass is 32.2. The summed E-state index contributed by atoms with van der Waals surface area (Å²) in [5.74, 6) is 1.05. The lowest BCUT2D eigenvalue weighted by Crippen LogP contribution is -2.29. The molecule has 0 radical (unpaired) electrons. The van der Waals surface area contributed by atoms with E-state index >= 15 is 0 Å². The number of rotatable bonds is 4. The van der Waals surface area contributed by atoms with Gasteiger partial charge in [0.05, 0.1) is 18.3 Å². The Morgan fingerprint density at radius 2 is 2.31 bits per heavy atom. The highest BCUT2D eigenvalue weighted by Crippen LogP contribution is 2.12. The predicted octanol–water partition coefficient (Wildman–Crippen LogP) is 0.835. The third-order valence-electron chi connectivity index (χ3n) is 1.72. The molecule has 0 saturated carbocycles. The summed E-state index contributed by atoms with van der Waals surface area (Å²) in [4.78, 5) is 0. The van der Waals surface area contributed by atoms with E-state index in [0.717, 1.165) is 18.0 Å². The fourth-order valence-electron chi connectivity index (χ4n) is 0.888. The molecule has 0 amide bonds. The van der Waals surface area contributed by atoms with Crippen LogP contribution in [0.5, 0.6) is 0 Å². The Labute approximate surface area is 82.9 Å². The van der Waals surface area contributed by atoms with Crippen molar-refractivity contribution in [3.63, 3.8) is 0 Å². The van der Waals surface area contributed by atoms with E-state index in [-0.39, 0.29) is 0 Å². The first-order valence-corrected chi connectivity index (χ1v) is 5.62. The molecule has 0 aliphatic heterocycles. The molecular formula is C8H16N4S. The van der Waals surface area contributed by atoms with Gasteiger partial charge in [0, 0.05) is 5.75 Å². The quantitative estimate of drug-likeness (QED) is 0.782. The van der Waals surface area contributed by atoms with Crippen LogP contribution in [0.4, 0.5) is 0 Å². The molecule has 0 saturated heterocycles. The van der Waals surface area contributed by atoms with Gasteiger partial charge in [0.25, 0.3) is 0 Å². The van der Waals surface area contributed by atoms with Gasteiger partial charge in [-0.25, -0.2) is 0 Å². The standard InChI is InChI=1S/C8H16N4S/c1-8(2,9)7-6-12(11-10-7)4-5-13-3/h6H,4-5,9H2,1-3H3. The first kappa shape index (κ1) is 10.5. The van der Waals surface area contributed by atoms with Gasteiger partial charge in [0.2, 0.25) is 0 Å². The molecule has 1 aromatic rings. The van der Waals surface area contributed by atoms with Crippen molar-refractivity contribution in [1.29, 1.82) is 0 Å². The smallest absolute Gasteiger partial charge is 0.102 e. The Hall–Kier alpha value is -0.550. The Morgan fingerprint density at radius 3 is 2.77 bits per heavy atom. The molecule has 0 atom stereocenters. The SMILES string of the molecule is CSCCn1cc(C(C)(C)N)nn1. The Bertz CT molecular complexity index is 263. The van der Waals surface area contributed by atoms with Crippen LogP contribution in [-0.2, 0) is 12.1 Å². The summed E-state index contributed by atoms with van der Waals surface area (Å²) in [5.41, 5.74) is 6.33. The predicted molar refractivity (Wildman–Crippen MR) is 55.6 cm³/mol. The molecule has 1 rings (SSSR count). The fraction of sp³-hybridized carbons (Fsp3) is 0.750. The molecule has 0 fully saturated rings. The molecule has 1 aromatic heterocycles. The number of thioether (sulfide) groups is 1. The van der Waals surface area contributed by atoms with E-state index in [0.29, 0.717) is 0 Å². The van der Waals surface area contributed by atoms with Crippen molar-refractivity contribution in [2.75, 3.05) is 12.0 Å². The van der Waals surface area contributed by atoms with Gasteiger partial charge in [-0.3, -0.25) is 4.68 Å². The van der Waals surface area contributed by atoms with Crippen molar-refractivity contribution in [3.8, 4) is 0 Å². The average molecular weight is 200 g/mol. The van der Waals surface area contributed by atoms with Crippen LogP contribution >= 0.6 is 11.8 Å². The molecular weight excluding hydrogens is 184 g/mol. The van der Waals surface area contributed by atoms with Gasteiger partial charge >= 0.3 is 0 Å². The largest absolute Gasteiger partial charge is 0.320 e. The maximum Gasteiger partial charge on any atom is 0.102 e. The number of aryl methyl sites for hydroxylation is 1. The van der Waals surface area contributed by atoms with Crippen molar-refractivity contribution in [2.45, 2.75) is 25.9 Å². The highest BCUT2D eigenvalue weighted by molar-refractivity contribution is 7.98. The number of aromatic nitrogens is 3. The van der Waals surface area contributed by atoms with E-state index in [9.17, 15) is 0 Å². The summed E-state index contributed by atoms with van der Waals surface area (Å²) in [6.07, 6.45) is 3.99. The van der Waals surface area contributed by atoms with E-state index in [4.69, 9.17) is 5.73 Å². The van der Waals surface area contributed by atoms with Crippen LogP contribution in [0.3, 0.4) is 0 Å². The van der Waals surface area contributed by atoms with E-state index in [2.05, 4.69) is 16.6 Å². The molecule has 1 heterocycles. The third kappa shape index (κ3) is 3.00. The highest BCUT2D eigenvalue weighted by Gasteiger charge is 2.17. The number of hydrogen-bond donors (Lipinski definition) is 1. The van der Waals surface area contributed by atoms with Gasteiger partial charge in [-0.2, -0.15) is 11.8 Å². The van der Waals surface area contributed by atoms with Crippen molar-refractivity contribution in [2.24, 2.45) is 5.73 Å². The van der Waals surface area contributed by atoms with Gasteiger partial charge in [-0.15, -0.1) is 5.10 Å². The lowest BCUT2D eigenvalue weighted by Gasteiger charge is -2.13. The molecule has 13 heavy (non-hydrogen) atoms. The second-order valence-corrected chi connectivity index (χ2v) is 4.57. The molecule has 0 aliphatic rings. The second-order valence-electron chi connectivity index (χ2n) is 3.58. The van der Waals surface area contributed by atoms with Crippen molar-refractivity contribution in [3.05, 3.63) is 11.9 Å². The number of hydrogen-bond acceptors (Lipinski definition) is 4. The van der Waals surface area contributed by atoms with Gasteiger partial charge in [-0.1, -0.05) is 5.21 Å². The minimum atomic E-state index is -0.391. The van der Waals surface area contributed by atoms with Gasteiger partial charge < -0.3 is 5.73 Å². The molecule has 0 unspecified atom stereocenters. The maximum atomic E-state index is 5.88. The zero-order chi connectivity index (χ0) is 9.90. The summed E-state index contributed by atoms with van der Waals surface area (Å²) in [6.45, 7) is 4.75. The van der Waals surface area contributed by atoms with Crippen LogP contribution in [-0.4, -0.2) is 27.0 Å². The second kappa shape index (κ2) is 4.11. The van der Waals surface area contributed by atoms with E-state index in [1.165, 1.54) is 0 Å². The Morgan fingerprint density at radius 1 is 1.62 bits per heavy atom. The molecule has 0 spiro atoms. The Balaban J connectivity index is 2.64. The van der Waals surface area contributed by atoms with Crippen LogP contribution in [0.25, 0.3) is 0 Å². The van der Waals surface area contributed by atoms with E-state index in [1.807, 2.05) is 24.7 Å². The lowest BCUT2D eigenvalue weighted by molar-refractivity contribution is 0.533. The summed E-state index contributed by atoms with van der Waals surface area (Å²) in [7, 11) is 0. The maximum absolute atomic E-state index is 5.88. The molecule has 5 heteroatoms. The number of nitrogens with zero attached hydrogens (tertiary/aromatic N) is 3. The van der Waals surface area contributed by atoms with Crippen LogP contribution in [0.15, 0.2) is 6.20 Å². The summed E-state index contributed by atoms with van der Waals surface area (Å²) in [6, 6.07) is 0. The van der Waals surface area contributed by atoms with Crippen molar-refractivity contribution < 1.29 is 0 Å². The average Bonchev–Trinajstić information content (AvgIpc) is 2.47. The number of nitrogens with two attached hydrogens (primary N) is 1. The van der Waals surface area contributed by atoms with Gasteiger partial charge in [0.15, 0.2) is 0 Å². The van der Waals surface area contributed by atoms with Crippen LogP contribution in [0.2, 0.25) is 0 Å². The molecule has 0 aromatic carbocycles. The Kier molecular flexibility index (Phi) is 3.33. The summed E-state index contributed by atoms with van der Waals surface area (Å²) < 4.78 is 1.83.